The van der Waals surface area contributed by atoms with Gasteiger partial charge in [-0.15, -0.1) is 0 Å². The summed E-state index contributed by atoms with van der Waals surface area (Å²) in [6.45, 7) is 4.09. The molecule has 6 heteroatoms. The van der Waals surface area contributed by atoms with E-state index in [-0.39, 0.29) is 12.4 Å². The van der Waals surface area contributed by atoms with E-state index >= 15 is 0 Å². The zero-order valence-electron chi connectivity index (χ0n) is 14.5. The summed E-state index contributed by atoms with van der Waals surface area (Å²) in [5, 5.41) is 0. The molecule has 0 saturated carbocycles. The number of Topliss-reactive ketones (excluding diaryl/α,β-unsaturated/α-hetero) is 1. The molecule has 0 aliphatic carbocycles. The third-order valence-corrected chi connectivity index (χ3v) is 4.83. The quantitative estimate of drug-likeness (QED) is 0.309. The van der Waals surface area contributed by atoms with Crippen molar-refractivity contribution < 1.29 is 18.7 Å². The summed E-state index contributed by atoms with van der Waals surface area (Å²) in [4.78, 5) is 24.6. The number of furan rings is 1. The number of hydrogen-bond donors (Lipinski definition) is 0. The largest absolute Gasteiger partial charge is 0.467 e. The van der Waals surface area contributed by atoms with Crippen LogP contribution in [0.5, 0.6) is 0 Å². The maximum absolute atomic E-state index is 12.5. The van der Waals surface area contributed by atoms with Crippen LogP contribution in [0.25, 0.3) is 0 Å². The van der Waals surface area contributed by atoms with E-state index in [0.29, 0.717) is 17.7 Å². The first kappa shape index (κ1) is 18.4. The fraction of sp³-hybridized carbons (Fsp3) is 0.200. The number of ether oxygens (including phenoxy) is 1. The molecule has 0 N–H and O–H groups in total. The minimum absolute atomic E-state index is 0.220. The van der Waals surface area contributed by atoms with E-state index in [1.807, 2.05) is 42.7 Å². The molecule has 0 aliphatic heterocycles. The summed E-state index contributed by atoms with van der Waals surface area (Å²) in [6.07, 6.45) is 1.62. The van der Waals surface area contributed by atoms with E-state index in [0.717, 1.165) is 20.7 Å². The first-order chi connectivity index (χ1) is 12.5. The Labute approximate surface area is 165 Å². The van der Waals surface area contributed by atoms with Crippen molar-refractivity contribution >= 4 is 34.3 Å². The fourth-order valence-electron chi connectivity index (χ4n) is 2.79. The van der Waals surface area contributed by atoms with Crippen molar-refractivity contribution in [3.05, 3.63) is 80.6 Å². The van der Waals surface area contributed by atoms with Crippen LogP contribution in [0.4, 0.5) is 0 Å². The van der Waals surface area contributed by atoms with Crippen LogP contribution in [-0.4, -0.2) is 22.9 Å². The van der Waals surface area contributed by atoms with Crippen molar-refractivity contribution in [2.75, 3.05) is 6.61 Å². The molecule has 3 rings (SSSR count). The van der Waals surface area contributed by atoms with Gasteiger partial charge in [-0.3, -0.25) is 4.79 Å². The number of benzene rings is 1. The summed E-state index contributed by atoms with van der Waals surface area (Å²) in [5.41, 5.74) is 2.78. The van der Waals surface area contributed by atoms with Crippen LogP contribution in [-0.2, 0) is 11.3 Å². The predicted molar refractivity (Wildman–Crippen MR) is 105 cm³/mol. The molecule has 134 valence electrons. The third kappa shape index (κ3) is 4.07. The highest BCUT2D eigenvalue weighted by Gasteiger charge is 2.18. The summed E-state index contributed by atoms with van der Waals surface area (Å²) in [7, 11) is 0. The summed E-state index contributed by atoms with van der Waals surface area (Å²) < 4.78 is 13.5. The van der Waals surface area contributed by atoms with E-state index in [4.69, 9.17) is 9.15 Å². The highest BCUT2D eigenvalue weighted by Crippen LogP contribution is 2.18. The first-order valence-corrected chi connectivity index (χ1v) is 9.18. The monoisotopic (exact) mass is 463 g/mol. The highest BCUT2D eigenvalue weighted by molar-refractivity contribution is 14.1. The number of rotatable bonds is 6. The number of carbonyl (C=O) groups excluding carboxylic acids is 2. The van der Waals surface area contributed by atoms with Crippen LogP contribution in [0.15, 0.2) is 53.1 Å². The summed E-state index contributed by atoms with van der Waals surface area (Å²) >= 11 is 2.12. The van der Waals surface area contributed by atoms with Gasteiger partial charge in [-0.2, -0.15) is 0 Å². The average Bonchev–Trinajstić information content (AvgIpc) is 3.23. The number of aromatic nitrogens is 1. The lowest BCUT2D eigenvalue weighted by Gasteiger charge is -2.08. The van der Waals surface area contributed by atoms with Gasteiger partial charge in [0.25, 0.3) is 0 Å². The van der Waals surface area contributed by atoms with Crippen LogP contribution >= 0.6 is 22.6 Å². The van der Waals surface area contributed by atoms with Crippen molar-refractivity contribution in [2.45, 2.75) is 20.4 Å². The SMILES string of the molecule is Cc1cc(C(=O)COC(=O)c2cccc(I)c2)c(C)n1Cc1ccco1. The van der Waals surface area contributed by atoms with Gasteiger partial charge in [0.15, 0.2) is 6.61 Å². The van der Waals surface area contributed by atoms with Gasteiger partial charge in [0.2, 0.25) is 5.78 Å². The van der Waals surface area contributed by atoms with Crippen LogP contribution in [0, 0.1) is 17.4 Å². The Morgan fingerprint density at radius 1 is 1.15 bits per heavy atom. The molecular weight excluding hydrogens is 445 g/mol. The van der Waals surface area contributed by atoms with Crippen molar-refractivity contribution in [2.24, 2.45) is 0 Å². The second-order valence-electron chi connectivity index (χ2n) is 5.96. The van der Waals surface area contributed by atoms with E-state index < -0.39 is 5.97 Å². The number of aryl methyl sites for hydroxylation is 1. The van der Waals surface area contributed by atoms with Crippen molar-refractivity contribution in [1.82, 2.24) is 4.57 Å². The van der Waals surface area contributed by atoms with E-state index in [1.165, 1.54) is 0 Å². The second kappa shape index (κ2) is 7.90. The first-order valence-electron chi connectivity index (χ1n) is 8.10. The van der Waals surface area contributed by atoms with Crippen LogP contribution in [0.3, 0.4) is 0 Å². The number of ketones is 1. The molecule has 0 atom stereocenters. The molecule has 0 radical (unpaired) electrons. The predicted octanol–water partition coefficient (Wildman–Crippen LogP) is 4.39. The van der Waals surface area contributed by atoms with E-state index in [9.17, 15) is 9.59 Å². The van der Waals surface area contributed by atoms with Gasteiger partial charge in [0.1, 0.15) is 5.76 Å². The number of hydrogen-bond acceptors (Lipinski definition) is 4. The summed E-state index contributed by atoms with van der Waals surface area (Å²) in [5.74, 6) is 0.0972. The number of nitrogens with zero attached hydrogens (tertiary/aromatic N) is 1. The average molecular weight is 463 g/mol. The lowest BCUT2D eigenvalue weighted by atomic mass is 10.1. The Bertz CT molecular complexity index is 941. The van der Waals surface area contributed by atoms with Gasteiger partial charge >= 0.3 is 5.97 Å². The molecular formula is C20H18INO4. The van der Waals surface area contributed by atoms with Gasteiger partial charge in [-0.25, -0.2) is 4.79 Å². The molecule has 3 aromatic rings. The molecule has 2 aromatic heterocycles. The van der Waals surface area contributed by atoms with Crippen molar-refractivity contribution in [3.8, 4) is 0 Å². The van der Waals surface area contributed by atoms with Crippen LogP contribution < -0.4 is 0 Å². The molecule has 0 spiro atoms. The fourth-order valence-corrected chi connectivity index (χ4v) is 3.34. The maximum atomic E-state index is 12.5. The van der Waals surface area contributed by atoms with Crippen LogP contribution in [0.1, 0.15) is 37.9 Å². The molecule has 0 saturated heterocycles. The summed E-state index contributed by atoms with van der Waals surface area (Å²) in [6, 6.07) is 12.6. The molecule has 0 aliphatic rings. The third-order valence-electron chi connectivity index (χ3n) is 4.16. The lowest BCUT2D eigenvalue weighted by molar-refractivity contribution is 0.0474. The van der Waals surface area contributed by atoms with Crippen molar-refractivity contribution in [1.29, 1.82) is 0 Å². The minimum atomic E-state index is -0.499. The smallest absolute Gasteiger partial charge is 0.338 e. The number of carbonyl (C=O) groups is 2. The highest BCUT2D eigenvalue weighted by atomic mass is 127. The van der Waals surface area contributed by atoms with Gasteiger partial charge in [-0.1, -0.05) is 6.07 Å². The van der Waals surface area contributed by atoms with Gasteiger partial charge in [0.05, 0.1) is 18.4 Å². The van der Waals surface area contributed by atoms with Gasteiger partial charge < -0.3 is 13.7 Å². The van der Waals surface area contributed by atoms with E-state index in [1.54, 1.807) is 24.5 Å². The molecule has 0 unspecified atom stereocenters. The zero-order chi connectivity index (χ0) is 18.7. The normalized spacial score (nSPS) is 10.7. The Morgan fingerprint density at radius 3 is 2.65 bits per heavy atom. The molecule has 0 bridgehead atoms. The molecule has 5 nitrogen and oxygen atoms in total. The lowest BCUT2D eigenvalue weighted by Crippen LogP contribution is -2.15. The number of esters is 1. The Kier molecular flexibility index (Phi) is 5.61. The number of halogens is 1. The second-order valence-corrected chi connectivity index (χ2v) is 7.21. The Balaban J connectivity index is 1.69. The topological polar surface area (TPSA) is 61.4 Å². The van der Waals surface area contributed by atoms with Crippen LogP contribution in [0.2, 0.25) is 0 Å². The molecule has 2 heterocycles. The molecule has 26 heavy (non-hydrogen) atoms. The minimum Gasteiger partial charge on any atom is -0.467 e. The molecule has 1 aromatic carbocycles. The van der Waals surface area contributed by atoms with Gasteiger partial charge in [-0.05, 0) is 72.8 Å². The zero-order valence-corrected chi connectivity index (χ0v) is 16.6. The van der Waals surface area contributed by atoms with Gasteiger partial charge in [0, 0.05) is 20.5 Å². The van der Waals surface area contributed by atoms with Crippen molar-refractivity contribution in [3.63, 3.8) is 0 Å². The Hall–Kier alpha value is -2.35. The Morgan fingerprint density at radius 2 is 1.96 bits per heavy atom. The molecule has 0 amide bonds. The molecule has 0 fully saturated rings. The standard InChI is InChI=1S/C20H18INO4/c1-13-9-18(14(2)22(13)11-17-7-4-8-25-17)19(23)12-26-20(24)15-5-3-6-16(21)10-15/h3-10H,11-12H2,1-2H3. The van der Waals surface area contributed by atoms with E-state index in [2.05, 4.69) is 22.6 Å². The maximum Gasteiger partial charge on any atom is 0.338 e.